The average molecular weight is 286 g/mol. The Morgan fingerprint density at radius 1 is 1.21 bits per heavy atom. The molecule has 0 saturated carbocycles. The minimum atomic E-state index is 0.262. The molecule has 0 radical (unpaired) electrons. The highest BCUT2D eigenvalue weighted by Gasteiger charge is 2.41. The van der Waals surface area contributed by atoms with Crippen LogP contribution in [0.25, 0.3) is 0 Å². The monoisotopic (exact) mass is 285 g/mol. The van der Waals surface area contributed by atoms with E-state index in [1.807, 2.05) is 0 Å². The second kappa shape index (κ2) is 6.79. The third kappa shape index (κ3) is 3.29. The summed E-state index contributed by atoms with van der Waals surface area (Å²) < 4.78 is 0. The topological polar surface area (TPSA) is 32.5 Å². The predicted molar refractivity (Wildman–Crippen MR) is 85.8 cm³/mol. The van der Waals surface area contributed by atoms with Crippen LogP contribution >= 0.6 is 11.8 Å². The zero-order valence-electron chi connectivity index (χ0n) is 12.9. The molecule has 3 unspecified atom stereocenters. The Labute approximate surface area is 123 Å². The summed E-state index contributed by atoms with van der Waals surface area (Å²) in [6, 6.07) is 0.662. The maximum Gasteiger partial charge on any atom is 0.0347 e. The first-order valence-electron chi connectivity index (χ1n) is 7.94. The van der Waals surface area contributed by atoms with Gasteiger partial charge in [-0.2, -0.15) is 11.8 Å². The molecule has 0 spiro atoms. The maximum absolute atomic E-state index is 6.27. The average Bonchev–Trinajstić information content (AvgIpc) is 2.65. The van der Waals surface area contributed by atoms with Crippen LogP contribution in [0.3, 0.4) is 0 Å². The number of hydrogen-bond donors (Lipinski definition) is 1. The van der Waals surface area contributed by atoms with Crippen LogP contribution in [-0.4, -0.2) is 65.1 Å². The Balaban J connectivity index is 2.12. The fourth-order valence-corrected chi connectivity index (χ4v) is 4.86. The van der Waals surface area contributed by atoms with Crippen LogP contribution in [0.2, 0.25) is 0 Å². The van der Waals surface area contributed by atoms with Gasteiger partial charge in [-0.3, -0.25) is 4.90 Å². The molecule has 3 nitrogen and oxygen atoms in total. The van der Waals surface area contributed by atoms with E-state index in [0.29, 0.717) is 6.04 Å². The summed E-state index contributed by atoms with van der Waals surface area (Å²) in [7, 11) is 0. The molecular formula is C15H31N3S. The standard InChI is InChI=1S/C15H31N3S/c1-4-17-8-5-6-15(12-16,7-9-17)18-10-11-19-14(3)13(18)2/h13-14H,4-12,16H2,1-3H3. The molecule has 2 heterocycles. The molecule has 2 saturated heterocycles. The zero-order chi connectivity index (χ0) is 13.9. The Morgan fingerprint density at radius 3 is 2.68 bits per heavy atom. The zero-order valence-corrected chi connectivity index (χ0v) is 13.7. The summed E-state index contributed by atoms with van der Waals surface area (Å²) in [5, 5.41) is 0.739. The fraction of sp³-hybridized carbons (Fsp3) is 1.00. The largest absolute Gasteiger partial charge is 0.329 e. The van der Waals surface area contributed by atoms with Crippen molar-refractivity contribution in [2.75, 3.05) is 38.5 Å². The lowest BCUT2D eigenvalue weighted by molar-refractivity contribution is 0.0445. The highest BCUT2D eigenvalue weighted by molar-refractivity contribution is 8.00. The van der Waals surface area contributed by atoms with Crippen molar-refractivity contribution in [3.05, 3.63) is 0 Å². The van der Waals surface area contributed by atoms with Crippen molar-refractivity contribution in [3.63, 3.8) is 0 Å². The van der Waals surface area contributed by atoms with E-state index in [9.17, 15) is 0 Å². The van der Waals surface area contributed by atoms with Crippen molar-refractivity contribution in [2.45, 2.75) is 56.9 Å². The van der Waals surface area contributed by atoms with Crippen molar-refractivity contribution in [3.8, 4) is 0 Å². The first kappa shape index (κ1) is 15.6. The first-order valence-corrected chi connectivity index (χ1v) is 8.98. The Kier molecular flexibility index (Phi) is 5.58. The van der Waals surface area contributed by atoms with Crippen LogP contribution in [-0.2, 0) is 0 Å². The van der Waals surface area contributed by atoms with Gasteiger partial charge >= 0.3 is 0 Å². The summed E-state index contributed by atoms with van der Waals surface area (Å²) in [6.07, 6.45) is 3.83. The molecule has 0 bridgehead atoms. The van der Waals surface area contributed by atoms with Crippen molar-refractivity contribution in [2.24, 2.45) is 5.73 Å². The highest BCUT2D eigenvalue weighted by Crippen LogP contribution is 2.35. The number of thioether (sulfide) groups is 1. The van der Waals surface area contributed by atoms with Crippen LogP contribution < -0.4 is 5.73 Å². The molecule has 4 heteroatoms. The van der Waals surface area contributed by atoms with E-state index < -0.39 is 0 Å². The lowest BCUT2D eigenvalue weighted by atomic mass is 9.86. The van der Waals surface area contributed by atoms with Crippen LogP contribution in [0.4, 0.5) is 0 Å². The normalized spacial score (nSPS) is 39.2. The number of likely N-dealkylation sites (tertiary alicyclic amines) is 1. The van der Waals surface area contributed by atoms with E-state index in [0.717, 1.165) is 11.8 Å². The van der Waals surface area contributed by atoms with Gasteiger partial charge in [-0.15, -0.1) is 0 Å². The number of nitrogens with zero attached hydrogens (tertiary/aromatic N) is 2. The van der Waals surface area contributed by atoms with Crippen molar-refractivity contribution < 1.29 is 0 Å². The molecule has 0 aromatic carbocycles. The van der Waals surface area contributed by atoms with Gasteiger partial charge in [0.05, 0.1) is 0 Å². The molecule has 2 aliphatic heterocycles. The summed E-state index contributed by atoms with van der Waals surface area (Å²) in [4.78, 5) is 5.34. The second-order valence-corrected chi connectivity index (χ2v) is 7.71. The fourth-order valence-electron chi connectivity index (χ4n) is 3.76. The number of rotatable bonds is 3. The molecule has 112 valence electrons. The lowest BCUT2D eigenvalue weighted by Gasteiger charge is -2.50. The van der Waals surface area contributed by atoms with Gasteiger partial charge in [0.25, 0.3) is 0 Å². The summed E-state index contributed by atoms with van der Waals surface area (Å²) in [5.74, 6) is 1.27. The van der Waals surface area contributed by atoms with Gasteiger partial charge in [0.1, 0.15) is 0 Å². The summed E-state index contributed by atoms with van der Waals surface area (Å²) >= 11 is 2.12. The van der Waals surface area contributed by atoms with Gasteiger partial charge in [0.15, 0.2) is 0 Å². The Morgan fingerprint density at radius 2 is 2.00 bits per heavy atom. The van der Waals surface area contributed by atoms with Gasteiger partial charge in [0.2, 0.25) is 0 Å². The SMILES string of the molecule is CCN1CCCC(CN)(N2CCSC(C)C2C)CC1. The van der Waals surface area contributed by atoms with E-state index in [1.54, 1.807) is 0 Å². The van der Waals surface area contributed by atoms with Crippen LogP contribution in [0.5, 0.6) is 0 Å². The third-order valence-corrected chi connectivity index (χ3v) is 6.67. The smallest absolute Gasteiger partial charge is 0.0347 e. The maximum atomic E-state index is 6.27. The van der Waals surface area contributed by atoms with Gasteiger partial charge in [-0.25, -0.2) is 0 Å². The molecule has 2 fully saturated rings. The van der Waals surface area contributed by atoms with Crippen LogP contribution in [0.1, 0.15) is 40.0 Å². The summed E-state index contributed by atoms with van der Waals surface area (Å²) in [5.41, 5.74) is 6.53. The van der Waals surface area contributed by atoms with E-state index in [1.165, 1.54) is 51.2 Å². The molecule has 0 amide bonds. The van der Waals surface area contributed by atoms with E-state index in [-0.39, 0.29) is 5.54 Å². The number of nitrogens with two attached hydrogens (primary N) is 1. The predicted octanol–water partition coefficient (Wildman–Crippen LogP) is 2.02. The molecule has 3 atom stereocenters. The Bertz CT molecular complexity index is 287. The lowest BCUT2D eigenvalue weighted by Crippen LogP contribution is -2.61. The van der Waals surface area contributed by atoms with Gasteiger partial charge in [-0.05, 0) is 45.8 Å². The van der Waals surface area contributed by atoms with Gasteiger partial charge in [0, 0.05) is 35.7 Å². The van der Waals surface area contributed by atoms with Crippen LogP contribution in [0, 0.1) is 0 Å². The quantitative estimate of drug-likeness (QED) is 0.860. The minimum absolute atomic E-state index is 0.262. The third-order valence-electron chi connectivity index (χ3n) is 5.33. The van der Waals surface area contributed by atoms with Crippen molar-refractivity contribution in [1.82, 2.24) is 9.80 Å². The second-order valence-electron chi connectivity index (χ2n) is 6.23. The molecule has 2 rings (SSSR count). The van der Waals surface area contributed by atoms with Gasteiger partial charge in [-0.1, -0.05) is 13.8 Å². The first-order chi connectivity index (χ1) is 9.13. The number of hydrogen-bond acceptors (Lipinski definition) is 4. The van der Waals surface area contributed by atoms with E-state index >= 15 is 0 Å². The molecule has 0 aliphatic carbocycles. The molecule has 0 aromatic rings. The van der Waals surface area contributed by atoms with Gasteiger partial charge < -0.3 is 10.6 Å². The highest BCUT2D eigenvalue weighted by atomic mass is 32.2. The molecule has 0 aromatic heterocycles. The van der Waals surface area contributed by atoms with E-state index in [2.05, 4.69) is 42.3 Å². The Hall–Kier alpha value is 0.230. The summed E-state index contributed by atoms with van der Waals surface area (Å²) in [6.45, 7) is 12.8. The minimum Gasteiger partial charge on any atom is -0.329 e. The van der Waals surface area contributed by atoms with Crippen molar-refractivity contribution in [1.29, 1.82) is 0 Å². The molecule has 2 aliphatic rings. The van der Waals surface area contributed by atoms with Crippen LogP contribution in [0.15, 0.2) is 0 Å². The molecular weight excluding hydrogens is 254 g/mol. The van der Waals surface area contributed by atoms with E-state index in [4.69, 9.17) is 5.73 Å². The van der Waals surface area contributed by atoms with Crippen molar-refractivity contribution >= 4 is 11.8 Å². The molecule has 2 N–H and O–H groups in total. The molecule has 19 heavy (non-hydrogen) atoms.